The Hall–Kier alpha value is -1.63. The highest BCUT2D eigenvalue weighted by molar-refractivity contribution is 7.13. The predicted molar refractivity (Wildman–Crippen MR) is 55.8 cm³/mol. The van der Waals surface area contributed by atoms with Crippen LogP contribution in [0, 0.1) is 0 Å². The highest BCUT2D eigenvalue weighted by atomic mass is 32.1. The molecule has 0 aliphatic heterocycles. The Bertz CT molecular complexity index is 420. The first-order valence-electron chi connectivity index (χ1n) is 4.05. The van der Waals surface area contributed by atoms with E-state index in [2.05, 4.69) is 4.99 Å². The lowest BCUT2D eigenvalue weighted by Crippen LogP contribution is -2.22. The second-order valence-electron chi connectivity index (χ2n) is 2.69. The van der Waals surface area contributed by atoms with Crippen LogP contribution in [0.1, 0.15) is 0 Å². The third-order valence-corrected chi connectivity index (χ3v) is 2.36. The minimum Gasteiger partial charge on any atom is -0.394 e. The molecule has 3 nitrogen and oxygen atoms in total. The van der Waals surface area contributed by atoms with Crippen LogP contribution in [-0.2, 0) is 4.79 Å². The van der Waals surface area contributed by atoms with E-state index >= 15 is 0 Å². The molecule has 0 amide bonds. The molecule has 1 rings (SSSR count). The van der Waals surface area contributed by atoms with E-state index < -0.39 is 17.4 Å². The summed E-state index contributed by atoms with van der Waals surface area (Å²) in [5.74, 6) is 0. The van der Waals surface area contributed by atoms with E-state index in [4.69, 9.17) is 5.73 Å². The van der Waals surface area contributed by atoms with Crippen molar-refractivity contribution in [3.05, 3.63) is 28.8 Å². The number of allylic oxidation sites excluding steroid dienone is 2. The van der Waals surface area contributed by atoms with Gasteiger partial charge in [-0.25, -0.2) is 4.99 Å². The molecular formula is C9H7F3N2OS. The lowest BCUT2D eigenvalue weighted by Gasteiger charge is -2.06. The molecule has 0 bridgehead atoms. The predicted octanol–water partition coefficient (Wildman–Crippen LogP) is 2.42. The monoisotopic (exact) mass is 248 g/mol. The Labute approximate surface area is 93.1 Å². The topological polar surface area (TPSA) is 55.5 Å². The van der Waals surface area contributed by atoms with Gasteiger partial charge in [-0.3, -0.25) is 4.79 Å². The van der Waals surface area contributed by atoms with Crippen LogP contribution in [0.25, 0.3) is 0 Å². The lowest BCUT2D eigenvalue weighted by molar-refractivity contribution is -0.107. The van der Waals surface area contributed by atoms with Crippen LogP contribution in [0.3, 0.4) is 0 Å². The summed E-state index contributed by atoms with van der Waals surface area (Å²) < 4.78 is 36.5. The maximum atomic E-state index is 12.2. The first-order chi connectivity index (χ1) is 7.45. The van der Waals surface area contributed by atoms with E-state index in [0.29, 0.717) is 5.00 Å². The zero-order valence-electron chi connectivity index (χ0n) is 7.86. The standard InChI is InChI=1S/C9H7F3N2OS/c10-9(11,12)8(13)6(5-15)4-14-7-2-1-3-16-7/h1-5H,13H2/b8-6+,14-4+. The van der Waals surface area contributed by atoms with Crippen LogP contribution in [0.15, 0.2) is 33.8 Å². The number of nitrogens with zero attached hydrogens (tertiary/aromatic N) is 1. The average Bonchev–Trinajstić information content (AvgIpc) is 2.69. The van der Waals surface area contributed by atoms with Gasteiger partial charge in [0.05, 0.1) is 5.57 Å². The molecule has 0 atom stereocenters. The Morgan fingerprint density at radius 3 is 2.62 bits per heavy atom. The van der Waals surface area contributed by atoms with Crippen LogP contribution in [0.5, 0.6) is 0 Å². The first kappa shape index (κ1) is 12.4. The second-order valence-corrected chi connectivity index (χ2v) is 3.62. The fourth-order valence-electron chi connectivity index (χ4n) is 0.804. The van der Waals surface area contributed by atoms with Gasteiger partial charge in [0.1, 0.15) is 10.7 Å². The number of aliphatic imine (C=N–C) groups is 1. The van der Waals surface area contributed by atoms with Crippen LogP contribution in [0.4, 0.5) is 18.2 Å². The van der Waals surface area contributed by atoms with E-state index in [9.17, 15) is 18.0 Å². The maximum Gasteiger partial charge on any atom is 0.431 e. The molecule has 0 aromatic carbocycles. The summed E-state index contributed by atoms with van der Waals surface area (Å²) in [7, 11) is 0. The van der Waals surface area contributed by atoms with Crippen molar-refractivity contribution >= 4 is 28.8 Å². The number of halogens is 3. The minimum atomic E-state index is -4.72. The van der Waals surface area contributed by atoms with Crippen molar-refractivity contribution in [1.29, 1.82) is 0 Å². The van der Waals surface area contributed by atoms with Crippen LogP contribution < -0.4 is 5.73 Å². The molecule has 0 fully saturated rings. The van der Waals surface area contributed by atoms with Gasteiger partial charge in [-0.2, -0.15) is 13.2 Å². The molecule has 1 aromatic heterocycles. The molecule has 1 heterocycles. The van der Waals surface area contributed by atoms with E-state index in [1.165, 1.54) is 11.3 Å². The Balaban J connectivity index is 2.97. The minimum absolute atomic E-state index is 0.0277. The van der Waals surface area contributed by atoms with Crippen molar-refractivity contribution in [2.45, 2.75) is 6.18 Å². The lowest BCUT2D eigenvalue weighted by atomic mass is 10.2. The van der Waals surface area contributed by atoms with Crippen molar-refractivity contribution < 1.29 is 18.0 Å². The molecule has 0 spiro atoms. The van der Waals surface area contributed by atoms with Crippen molar-refractivity contribution in [3.63, 3.8) is 0 Å². The fourth-order valence-corrected chi connectivity index (χ4v) is 1.37. The molecule has 0 unspecified atom stereocenters. The van der Waals surface area contributed by atoms with E-state index in [1.807, 2.05) is 0 Å². The second kappa shape index (κ2) is 4.93. The number of thiophene rings is 1. The van der Waals surface area contributed by atoms with Crippen LogP contribution in [0.2, 0.25) is 0 Å². The zero-order chi connectivity index (χ0) is 12.2. The SMILES string of the molecule is N/C(=C(C=O)\C=N\c1cccs1)C(F)(F)F. The fraction of sp³-hybridized carbons (Fsp3) is 0.111. The number of carbonyl (C=O) groups is 1. The quantitative estimate of drug-likeness (QED) is 0.507. The van der Waals surface area contributed by atoms with Gasteiger partial charge in [0.25, 0.3) is 0 Å². The van der Waals surface area contributed by atoms with Gasteiger partial charge in [-0.15, -0.1) is 11.3 Å². The number of hydrogen-bond acceptors (Lipinski definition) is 4. The van der Waals surface area contributed by atoms with Gasteiger partial charge >= 0.3 is 6.18 Å². The first-order valence-corrected chi connectivity index (χ1v) is 4.93. The summed E-state index contributed by atoms with van der Waals surface area (Å²) in [5.41, 5.74) is 2.66. The largest absolute Gasteiger partial charge is 0.431 e. The van der Waals surface area contributed by atoms with Crippen molar-refractivity contribution in [1.82, 2.24) is 0 Å². The summed E-state index contributed by atoms with van der Waals surface area (Å²) in [6, 6.07) is 3.29. The summed E-state index contributed by atoms with van der Waals surface area (Å²) >= 11 is 1.24. The van der Waals surface area contributed by atoms with Gasteiger partial charge in [-0.1, -0.05) is 0 Å². The summed E-state index contributed by atoms with van der Waals surface area (Å²) in [6.07, 6.45) is -3.89. The number of alkyl halides is 3. The van der Waals surface area contributed by atoms with Gasteiger partial charge in [0.2, 0.25) is 0 Å². The van der Waals surface area contributed by atoms with Gasteiger partial charge in [-0.05, 0) is 17.5 Å². The van der Waals surface area contributed by atoms with Crippen molar-refractivity contribution in [2.24, 2.45) is 10.7 Å². The van der Waals surface area contributed by atoms with Crippen molar-refractivity contribution in [2.75, 3.05) is 0 Å². The molecule has 2 N–H and O–H groups in total. The molecule has 0 radical (unpaired) electrons. The van der Waals surface area contributed by atoms with Crippen molar-refractivity contribution in [3.8, 4) is 0 Å². The Morgan fingerprint density at radius 1 is 1.50 bits per heavy atom. The number of carbonyl (C=O) groups excluding carboxylic acids is 1. The van der Waals surface area contributed by atoms with Crippen LogP contribution in [-0.4, -0.2) is 18.7 Å². The van der Waals surface area contributed by atoms with Gasteiger partial charge in [0, 0.05) is 6.21 Å². The third kappa shape index (κ3) is 3.20. The zero-order valence-corrected chi connectivity index (χ0v) is 8.68. The molecule has 1 aromatic rings. The normalized spacial score (nSPS) is 13.9. The molecule has 86 valence electrons. The number of rotatable bonds is 3. The summed E-state index contributed by atoms with van der Waals surface area (Å²) in [5, 5.41) is 2.21. The molecule has 7 heteroatoms. The van der Waals surface area contributed by atoms with E-state index in [-0.39, 0.29) is 6.29 Å². The highest BCUT2D eigenvalue weighted by Crippen LogP contribution is 2.24. The molecule has 0 saturated heterocycles. The van der Waals surface area contributed by atoms with Gasteiger partial charge < -0.3 is 5.73 Å². The van der Waals surface area contributed by atoms with E-state index in [0.717, 1.165) is 6.21 Å². The van der Waals surface area contributed by atoms with E-state index in [1.54, 1.807) is 17.5 Å². The molecule has 0 aliphatic carbocycles. The number of hydrogen-bond donors (Lipinski definition) is 1. The molecule has 0 saturated carbocycles. The molecule has 0 aliphatic rings. The number of aldehydes is 1. The summed E-state index contributed by atoms with van der Waals surface area (Å²) in [6.45, 7) is 0. The Kier molecular flexibility index (Phi) is 3.83. The highest BCUT2D eigenvalue weighted by Gasteiger charge is 2.33. The molecule has 16 heavy (non-hydrogen) atoms. The third-order valence-electron chi connectivity index (χ3n) is 1.58. The smallest absolute Gasteiger partial charge is 0.394 e. The summed E-state index contributed by atoms with van der Waals surface area (Å²) in [4.78, 5) is 14.1. The van der Waals surface area contributed by atoms with Crippen LogP contribution >= 0.6 is 11.3 Å². The Morgan fingerprint density at radius 2 is 2.19 bits per heavy atom. The maximum absolute atomic E-state index is 12.2. The van der Waals surface area contributed by atoms with Gasteiger partial charge in [0.15, 0.2) is 6.29 Å². The molecular weight excluding hydrogens is 241 g/mol. The average molecular weight is 248 g/mol. The number of nitrogens with two attached hydrogens (primary N) is 1.